The number of nitrogens with zero attached hydrogens (tertiary/aromatic N) is 3. The number of likely N-dealkylation sites (tertiary alicyclic amines) is 1. The van der Waals surface area contributed by atoms with Gasteiger partial charge in [0.2, 0.25) is 0 Å². The number of nitrogens with one attached hydrogen (secondary N) is 4. The van der Waals surface area contributed by atoms with E-state index in [9.17, 15) is 13.2 Å². The van der Waals surface area contributed by atoms with Crippen LogP contribution in [0.2, 0.25) is 0 Å². The van der Waals surface area contributed by atoms with Crippen molar-refractivity contribution in [1.29, 1.82) is 0 Å². The second-order valence-corrected chi connectivity index (χ2v) is 10.8. The van der Waals surface area contributed by atoms with Crippen LogP contribution in [0, 0.1) is 18.8 Å². The van der Waals surface area contributed by atoms with E-state index in [1.165, 1.54) is 6.07 Å². The molecule has 7 nitrogen and oxygen atoms in total. The SMILES string of the molecule is C=C(Nc1ccc(CN2CCCC2)c(C(F)(F)F)c1)c1ccc(C)c(C#CC2=CNC3C(Nc4cn[nH]c4)=CC=CN23)c1. The minimum absolute atomic E-state index is 0.121. The van der Waals surface area contributed by atoms with Crippen molar-refractivity contribution in [2.75, 3.05) is 23.7 Å². The second-order valence-electron chi connectivity index (χ2n) is 10.8. The summed E-state index contributed by atoms with van der Waals surface area (Å²) in [7, 11) is 0. The number of halogens is 3. The van der Waals surface area contributed by atoms with Gasteiger partial charge in [-0.1, -0.05) is 30.7 Å². The molecule has 1 fully saturated rings. The molecule has 1 unspecified atom stereocenters. The molecule has 3 aromatic rings. The van der Waals surface area contributed by atoms with Crippen LogP contribution < -0.4 is 16.0 Å². The molecular formula is C33H32F3N7. The molecule has 2 aromatic carbocycles. The number of hydrogen-bond acceptors (Lipinski definition) is 6. The first-order valence-electron chi connectivity index (χ1n) is 14.1. The number of alkyl halides is 3. The zero-order chi connectivity index (χ0) is 30.0. The summed E-state index contributed by atoms with van der Waals surface area (Å²) in [6, 6.07) is 10.2. The van der Waals surface area contributed by atoms with E-state index in [1.807, 2.05) is 54.6 Å². The molecule has 3 aliphatic heterocycles. The molecule has 10 heteroatoms. The van der Waals surface area contributed by atoms with Crippen molar-refractivity contribution < 1.29 is 13.2 Å². The normalized spacial score (nSPS) is 17.9. The molecule has 0 radical (unpaired) electrons. The average molecular weight is 584 g/mol. The Morgan fingerprint density at radius 1 is 1.12 bits per heavy atom. The third-order valence-electron chi connectivity index (χ3n) is 7.75. The van der Waals surface area contributed by atoms with E-state index >= 15 is 0 Å². The Balaban J connectivity index is 1.16. The Morgan fingerprint density at radius 2 is 1.95 bits per heavy atom. The van der Waals surface area contributed by atoms with E-state index in [0.717, 1.165) is 59.7 Å². The van der Waals surface area contributed by atoms with Crippen LogP contribution in [-0.2, 0) is 12.7 Å². The molecule has 4 N–H and O–H groups in total. The van der Waals surface area contributed by atoms with Gasteiger partial charge in [-0.25, -0.2) is 0 Å². The van der Waals surface area contributed by atoms with Gasteiger partial charge in [-0.2, -0.15) is 18.3 Å². The maximum atomic E-state index is 14.0. The molecule has 4 heterocycles. The van der Waals surface area contributed by atoms with E-state index in [1.54, 1.807) is 24.5 Å². The zero-order valence-electron chi connectivity index (χ0n) is 23.7. The summed E-state index contributed by atoms with van der Waals surface area (Å²) < 4.78 is 41.9. The summed E-state index contributed by atoms with van der Waals surface area (Å²) >= 11 is 0. The summed E-state index contributed by atoms with van der Waals surface area (Å²) in [4.78, 5) is 4.11. The summed E-state index contributed by atoms with van der Waals surface area (Å²) in [5.74, 6) is 6.53. The number of allylic oxidation sites excluding steroid dienone is 3. The number of fused-ring (bicyclic) bond motifs is 1. The van der Waals surface area contributed by atoms with Crippen molar-refractivity contribution >= 4 is 17.1 Å². The number of aryl methyl sites for hydroxylation is 1. The van der Waals surface area contributed by atoms with Crippen LogP contribution in [-0.4, -0.2) is 39.3 Å². The number of hydrogen-bond donors (Lipinski definition) is 4. The predicted molar refractivity (Wildman–Crippen MR) is 163 cm³/mol. The van der Waals surface area contributed by atoms with Gasteiger partial charge in [0.1, 0.15) is 11.9 Å². The van der Waals surface area contributed by atoms with Gasteiger partial charge in [0, 0.05) is 42.1 Å². The van der Waals surface area contributed by atoms with Crippen molar-refractivity contribution in [3.05, 3.63) is 119 Å². The van der Waals surface area contributed by atoms with Gasteiger partial charge in [-0.05, 0) is 85.8 Å². The first-order chi connectivity index (χ1) is 20.7. The predicted octanol–water partition coefficient (Wildman–Crippen LogP) is 6.36. The molecule has 6 rings (SSSR count). The lowest BCUT2D eigenvalue weighted by molar-refractivity contribution is -0.138. The smallest absolute Gasteiger partial charge is 0.364 e. The molecule has 0 amide bonds. The maximum absolute atomic E-state index is 14.0. The van der Waals surface area contributed by atoms with Gasteiger partial charge in [-0.15, -0.1) is 0 Å². The van der Waals surface area contributed by atoms with Gasteiger partial charge >= 0.3 is 6.18 Å². The molecule has 0 spiro atoms. The van der Waals surface area contributed by atoms with E-state index in [4.69, 9.17) is 0 Å². The number of aromatic nitrogens is 2. The molecule has 0 aliphatic carbocycles. The van der Waals surface area contributed by atoms with E-state index in [2.05, 4.69) is 49.5 Å². The summed E-state index contributed by atoms with van der Waals surface area (Å²) in [6.07, 6.45) is 8.77. The minimum Gasteiger partial charge on any atom is -0.364 e. The third kappa shape index (κ3) is 6.32. The molecule has 43 heavy (non-hydrogen) atoms. The first kappa shape index (κ1) is 28.2. The monoisotopic (exact) mass is 583 g/mol. The Labute approximate surface area is 248 Å². The van der Waals surface area contributed by atoms with Crippen LogP contribution in [0.5, 0.6) is 0 Å². The Bertz CT molecular complexity index is 1670. The molecule has 0 bridgehead atoms. The van der Waals surface area contributed by atoms with Crippen molar-refractivity contribution in [2.24, 2.45) is 0 Å². The number of aromatic amines is 1. The molecule has 1 saturated heterocycles. The fourth-order valence-electron chi connectivity index (χ4n) is 5.44. The highest BCUT2D eigenvalue weighted by Crippen LogP contribution is 2.35. The zero-order valence-corrected chi connectivity index (χ0v) is 23.7. The van der Waals surface area contributed by atoms with Crippen molar-refractivity contribution in [1.82, 2.24) is 25.3 Å². The lowest BCUT2D eigenvalue weighted by Gasteiger charge is -2.29. The lowest BCUT2D eigenvalue weighted by Crippen LogP contribution is -2.39. The number of anilines is 2. The van der Waals surface area contributed by atoms with Crippen LogP contribution >= 0.6 is 0 Å². The fraction of sp³-hybridized carbons (Fsp3) is 0.242. The maximum Gasteiger partial charge on any atom is 0.416 e. The Morgan fingerprint density at radius 3 is 2.72 bits per heavy atom. The van der Waals surface area contributed by atoms with Gasteiger partial charge in [0.05, 0.1) is 23.1 Å². The van der Waals surface area contributed by atoms with Crippen LogP contribution in [0.4, 0.5) is 24.5 Å². The van der Waals surface area contributed by atoms with E-state index in [-0.39, 0.29) is 6.17 Å². The van der Waals surface area contributed by atoms with Crippen molar-refractivity contribution in [3.63, 3.8) is 0 Å². The fourth-order valence-corrected chi connectivity index (χ4v) is 5.44. The highest BCUT2D eigenvalue weighted by Gasteiger charge is 2.34. The van der Waals surface area contributed by atoms with Crippen LogP contribution in [0.1, 0.15) is 40.7 Å². The first-order valence-corrected chi connectivity index (χ1v) is 14.1. The van der Waals surface area contributed by atoms with Gasteiger partial charge < -0.3 is 20.9 Å². The van der Waals surface area contributed by atoms with Crippen LogP contribution in [0.15, 0.2) is 91.3 Å². The van der Waals surface area contributed by atoms with Crippen molar-refractivity contribution in [2.45, 2.75) is 38.7 Å². The van der Waals surface area contributed by atoms with Gasteiger partial charge in [0.15, 0.2) is 0 Å². The molecule has 1 aromatic heterocycles. The highest BCUT2D eigenvalue weighted by molar-refractivity contribution is 5.76. The Kier molecular flexibility index (Phi) is 7.74. The molecule has 3 aliphatic rings. The molecular weight excluding hydrogens is 551 g/mol. The quantitative estimate of drug-likeness (QED) is 0.243. The lowest BCUT2D eigenvalue weighted by atomic mass is 10.0. The standard InChI is InChI=1S/C33H32F3N7/c1-22-7-8-25(23(2)40-27-11-9-26(21-42-13-3-4-14-42)30(17-27)33(34,35)36)16-24(22)10-12-29-20-37-32-31(6-5-15-43(29)32)41-28-18-38-39-19-28/h5-9,11,15-20,32,37,40-41H,2-4,13-14,21H2,1H3,(H,38,39). The average Bonchev–Trinajstić information content (AvgIpc) is 3.76. The van der Waals surface area contributed by atoms with Crippen LogP contribution in [0.25, 0.3) is 5.70 Å². The molecule has 0 saturated carbocycles. The Hall–Kier alpha value is -4.88. The van der Waals surface area contributed by atoms with E-state index in [0.29, 0.717) is 23.5 Å². The summed E-state index contributed by atoms with van der Waals surface area (Å²) in [6.45, 7) is 8.04. The molecule has 220 valence electrons. The van der Waals surface area contributed by atoms with Gasteiger partial charge in [-0.3, -0.25) is 10.00 Å². The number of rotatable bonds is 7. The minimum atomic E-state index is -4.45. The third-order valence-corrected chi connectivity index (χ3v) is 7.75. The number of benzene rings is 2. The summed E-state index contributed by atoms with van der Waals surface area (Å²) in [5, 5.41) is 16.6. The van der Waals surface area contributed by atoms with Gasteiger partial charge in [0.25, 0.3) is 0 Å². The molecule has 1 atom stereocenters. The summed E-state index contributed by atoms with van der Waals surface area (Å²) in [5.41, 5.74) is 5.65. The second kappa shape index (κ2) is 11.8. The highest BCUT2D eigenvalue weighted by atomic mass is 19.4. The largest absolute Gasteiger partial charge is 0.416 e. The van der Waals surface area contributed by atoms with E-state index < -0.39 is 11.7 Å². The van der Waals surface area contributed by atoms with Crippen molar-refractivity contribution in [3.8, 4) is 11.8 Å². The topological polar surface area (TPSA) is 71.2 Å². The number of H-pyrrole nitrogens is 1. The van der Waals surface area contributed by atoms with Crippen LogP contribution in [0.3, 0.4) is 0 Å².